The molecule has 10 heavy (non-hydrogen) atoms. The molecule has 0 aromatic heterocycles. The Morgan fingerprint density at radius 3 is 2.90 bits per heavy atom. The van der Waals surface area contributed by atoms with E-state index in [2.05, 4.69) is 11.3 Å². The van der Waals surface area contributed by atoms with E-state index in [4.69, 9.17) is 4.74 Å². The van der Waals surface area contributed by atoms with Crippen molar-refractivity contribution in [1.29, 1.82) is 0 Å². The quantitative estimate of drug-likeness (QED) is 0.329. The van der Waals surface area contributed by atoms with Gasteiger partial charge in [0, 0.05) is 6.42 Å². The van der Waals surface area contributed by atoms with Gasteiger partial charge in [-0.2, -0.15) is 0 Å². The summed E-state index contributed by atoms with van der Waals surface area (Å²) in [5.74, 6) is -0.201. The molecule has 58 valence electrons. The molecule has 0 heterocycles. The predicted octanol–water partition coefficient (Wildman–Crippen LogP) is 1.10. The van der Waals surface area contributed by atoms with Gasteiger partial charge in [-0.1, -0.05) is 6.58 Å². The number of carbonyl (C=O) groups excluding carboxylic acids is 1. The minimum Gasteiger partial charge on any atom is -0.502 e. The van der Waals surface area contributed by atoms with Gasteiger partial charge in [0.05, 0.1) is 20.0 Å². The van der Waals surface area contributed by atoms with Crippen LogP contribution in [-0.2, 0) is 14.3 Å². The van der Waals surface area contributed by atoms with Gasteiger partial charge in [0.25, 0.3) is 0 Å². The van der Waals surface area contributed by atoms with Crippen molar-refractivity contribution in [2.45, 2.75) is 12.8 Å². The van der Waals surface area contributed by atoms with Gasteiger partial charge in [-0.3, -0.25) is 4.79 Å². The summed E-state index contributed by atoms with van der Waals surface area (Å²) >= 11 is 0. The topological polar surface area (TPSA) is 35.5 Å². The molecule has 0 radical (unpaired) electrons. The van der Waals surface area contributed by atoms with Crippen molar-refractivity contribution in [2.75, 3.05) is 13.7 Å². The minimum atomic E-state index is -0.201. The molecule has 0 rings (SSSR count). The van der Waals surface area contributed by atoms with Crippen LogP contribution < -0.4 is 0 Å². The molecule has 0 N–H and O–H groups in total. The first-order valence-corrected chi connectivity index (χ1v) is 3.10. The lowest BCUT2D eigenvalue weighted by Gasteiger charge is -1.98. The molecule has 3 heteroatoms. The maximum absolute atomic E-state index is 10.5. The van der Waals surface area contributed by atoms with Crippen LogP contribution in [0.5, 0.6) is 0 Å². The van der Waals surface area contributed by atoms with E-state index in [9.17, 15) is 4.79 Å². The summed E-state index contributed by atoms with van der Waals surface area (Å²) in [4.78, 5) is 10.5. The molecule has 0 saturated carbocycles. The Balaban J connectivity index is 3.03. The van der Waals surface area contributed by atoms with E-state index >= 15 is 0 Å². The maximum atomic E-state index is 10.5. The SMILES string of the molecule is C=COCCCC(=O)OC. The molecule has 0 spiro atoms. The first-order valence-electron chi connectivity index (χ1n) is 3.10. The van der Waals surface area contributed by atoms with Gasteiger partial charge in [0.15, 0.2) is 0 Å². The molecule has 0 atom stereocenters. The highest BCUT2D eigenvalue weighted by Crippen LogP contribution is 1.91. The first-order chi connectivity index (χ1) is 4.81. The van der Waals surface area contributed by atoms with E-state index in [1.165, 1.54) is 13.4 Å². The number of esters is 1. The Labute approximate surface area is 60.6 Å². The fourth-order valence-corrected chi connectivity index (χ4v) is 0.485. The monoisotopic (exact) mass is 144 g/mol. The molecule has 0 unspecified atom stereocenters. The number of ether oxygens (including phenoxy) is 2. The highest BCUT2D eigenvalue weighted by atomic mass is 16.5. The third-order valence-electron chi connectivity index (χ3n) is 0.989. The largest absolute Gasteiger partial charge is 0.502 e. The number of methoxy groups -OCH3 is 1. The van der Waals surface area contributed by atoms with Crippen molar-refractivity contribution in [1.82, 2.24) is 0 Å². The van der Waals surface area contributed by atoms with Crippen molar-refractivity contribution in [3.05, 3.63) is 12.8 Å². The van der Waals surface area contributed by atoms with E-state index in [1.807, 2.05) is 0 Å². The zero-order valence-corrected chi connectivity index (χ0v) is 6.13. The normalized spacial score (nSPS) is 8.50. The van der Waals surface area contributed by atoms with E-state index in [0.29, 0.717) is 19.4 Å². The molecule has 3 nitrogen and oxygen atoms in total. The van der Waals surface area contributed by atoms with Crippen LogP contribution in [0.4, 0.5) is 0 Å². The van der Waals surface area contributed by atoms with Gasteiger partial charge in [-0.25, -0.2) is 0 Å². The minimum absolute atomic E-state index is 0.201. The summed E-state index contributed by atoms with van der Waals surface area (Å²) in [6.45, 7) is 3.89. The summed E-state index contributed by atoms with van der Waals surface area (Å²) in [6, 6.07) is 0. The zero-order chi connectivity index (χ0) is 7.82. The molecule has 0 aliphatic heterocycles. The Bertz CT molecular complexity index is 109. The smallest absolute Gasteiger partial charge is 0.305 e. The van der Waals surface area contributed by atoms with Crippen molar-refractivity contribution in [3.63, 3.8) is 0 Å². The van der Waals surface area contributed by atoms with Crippen molar-refractivity contribution >= 4 is 5.97 Å². The summed E-state index contributed by atoms with van der Waals surface area (Å²) in [6.07, 6.45) is 2.44. The molecule has 0 aliphatic carbocycles. The predicted molar refractivity (Wildman–Crippen MR) is 37.4 cm³/mol. The maximum Gasteiger partial charge on any atom is 0.305 e. The second kappa shape index (κ2) is 6.13. The molecule has 0 amide bonds. The summed E-state index contributed by atoms with van der Waals surface area (Å²) in [7, 11) is 1.37. The second-order valence-corrected chi connectivity index (χ2v) is 1.72. The third kappa shape index (κ3) is 5.15. The van der Waals surface area contributed by atoms with Crippen LogP contribution >= 0.6 is 0 Å². The number of hydrogen-bond acceptors (Lipinski definition) is 3. The van der Waals surface area contributed by atoms with Gasteiger partial charge >= 0.3 is 5.97 Å². The lowest BCUT2D eigenvalue weighted by Crippen LogP contribution is -2.01. The Kier molecular flexibility index (Phi) is 5.53. The van der Waals surface area contributed by atoms with Gasteiger partial charge in [0.1, 0.15) is 0 Å². The van der Waals surface area contributed by atoms with E-state index in [1.54, 1.807) is 0 Å². The molecular formula is C7H12O3. The van der Waals surface area contributed by atoms with Crippen LogP contribution in [-0.4, -0.2) is 19.7 Å². The van der Waals surface area contributed by atoms with Crippen molar-refractivity contribution < 1.29 is 14.3 Å². The third-order valence-corrected chi connectivity index (χ3v) is 0.989. The zero-order valence-electron chi connectivity index (χ0n) is 6.13. The average molecular weight is 144 g/mol. The fourth-order valence-electron chi connectivity index (χ4n) is 0.485. The number of rotatable bonds is 5. The second-order valence-electron chi connectivity index (χ2n) is 1.72. The summed E-state index contributed by atoms with van der Waals surface area (Å²) in [5.41, 5.74) is 0. The van der Waals surface area contributed by atoms with Crippen LogP contribution in [0.15, 0.2) is 12.8 Å². The van der Waals surface area contributed by atoms with Crippen LogP contribution in [0, 0.1) is 0 Å². The molecule has 0 saturated heterocycles. The number of hydrogen-bond donors (Lipinski definition) is 0. The van der Waals surface area contributed by atoms with Crippen LogP contribution in [0.1, 0.15) is 12.8 Å². The van der Waals surface area contributed by atoms with E-state index in [-0.39, 0.29) is 5.97 Å². The summed E-state index contributed by atoms with van der Waals surface area (Å²) < 4.78 is 9.19. The molecule has 0 fully saturated rings. The van der Waals surface area contributed by atoms with Crippen molar-refractivity contribution in [3.8, 4) is 0 Å². The average Bonchev–Trinajstić information content (AvgIpc) is 1.98. The Morgan fingerprint density at radius 2 is 2.40 bits per heavy atom. The highest BCUT2D eigenvalue weighted by Gasteiger charge is 1.97. The standard InChI is InChI=1S/C7H12O3/c1-3-10-6-4-5-7(8)9-2/h3H,1,4-6H2,2H3. The van der Waals surface area contributed by atoms with Crippen molar-refractivity contribution in [2.24, 2.45) is 0 Å². The molecular weight excluding hydrogens is 132 g/mol. The summed E-state index contributed by atoms with van der Waals surface area (Å²) in [5, 5.41) is 0. The lowest BCUT2D eigenvalue weighted by atomic mass is 10.3. The Hall–Kier alpha value is -0.990. The number of carbonyl (C=O) groups is 1. The van der Waals surface area contributed by atoms with Gasteiger partial charge in [-0.05, 0) is 6.42 Å². The highest BCUT2D eigenvalue weighted by molar-refractivity contribution is 5.68. The van der Waals surface area contributed by atoms with Gasteiger partial charge in [-0.15, -0.1) is 0 Å². The van der Waals surface area contributed by atoms with Crippen LogP contribution in [0.25, 0.3) is 0 Å². The first kappa shape index (κ1) is 9.01. The van der Waals surface area contributed by atoms with Crippen LogP contribution in [0.2, 0.25) is 0 Å². The fraction of sp³-hybridized carbons (Fsp3) is 0.571. The van der Waals surface area contributed by atoms with E-state index in [0.717, 1.165) is 0 Å². The lowest BCUT2D eigenvalue weighted by molar-refractivity contribution is -0.140. The molecule has 0 aliphatic rings. The Morgan fingerprint density at radius 1 is 1.70 bits per heavy atom. The molecule has 0 bridgehead atoms. The van der Waals surface area contributed by atoms with Gasteiger partial charge < -0.3 is 9.47 Å². The molecule has 0 aromatic rings. The van der Waals surface area contributed by atoms with E-state index < -0.39 is 0 Å². The molecule has 0 aromatic carbocycles. The van der Waals surface area contributed by atoms with Crippen LogP contribution in [0.3, 0.4) is 0 Å². The van der Waals surface area contributed by atoms with Gasteiger partial charge in [0.2, 0.25) is 0 Å².